The molecular formula is C18H25NO. The van der Waals surface area contributed by atoms with Crippen molar-refractivity contribution in [3.63, 3.8) is 0 Å². The molecule has 1 unspecified atom stereocenters. The van der Waals surface area contributed by atoms with E-state index in [-0.39, 0.29) is 5.91 Å². The first-order chi connectivity index (χ1) is 9.75. The topological polar surface area (TPSA) is 20.3 Å². The van der Waals surface area contributed by atoms with Crippen molar-refractivity contribution in [1.29, 1.82) is 0 Å². The van der Waals surface area contributed by atoms with Crippen molar-refractivity contribution in [3.8, 4) is 0 Å². The van der Waals surface area contributed by atoms with E-state index in [9.17, 15) is 4.79 Å². The lowest BCUT2D eigenvalue weighted by Gasteiger charge is -2.33. The molecule has 2 heteroatoms. The first-order valence-corrected chi connectivity index (χ1v) is 8.16. The zero-order valence-corrected chi connectivity index (χ0v) is 12.5. The largest absolute Gasteiger partial charge is 0.336 e. The number of likely N-dealkylation sites (tertiary alicyclic amines) is 1. The summed E-state index contributed by atoms with van der Waals surface area (Å²) in [5.41, 5.74) is 2.28. The Morgan fingerprint density at radius 2 is 1.65 bits per heavy atom. The quantitative estimate of drug-likeness (QED) is 0.782. The highest BCUT2D eigenvalue weighted by atomic mass is 16.2. The van der Waals surface area contributed by atoms with E-state index >= 15 is 0 Å². The Balaban J connectivity index is 1.71. The Bertz CT molecular complexity index is 459. The molecule has 0 N–H and O–H groups in total. The minimum Gasteiger partial charge on any atom is -0.336 e. The molecular weight excluding hydrogens is 246 g/mol. The number of nitrogens with zero attached hydrogens (tertiary/aromatic N) is 1. The fourth-order valence-electron chi connectivity index (χ4n) is 3.72. The maximum atomic E-state index is 12.6. The monoisotopic (exact) mass is 271 g/mol. The van der Waals surface area contributed by atoms with Crippen LogP contribution in [0.3, 0.4) is 0 Å². The summed E-state index contributed by atoms with van der Waals surface area (Å²) in [6, 6.07) is 8.83. The van der Waals surface area contributed by atoms with E-state index in [4.69, 9.17) is 0 Å². The highest BCUT2D eigenvalue weighted by Gasteiger charge is 2.24. The summed E-state index contributed by atoms with van der Waals surface area (Å²) < 4.78 is 0. The van der Waals surface area contributed by atoms with E-state index in [0.29, 0.717) is 6.04 Å². The lowest BCUT2D eigenvalue weighted by Crippen LogP contribution is -2.42. The van der Waals surface area contributed by atoms with Crippen molar-refractivity contribution >= 4 is 5.91 Å². The van der Waals surface area contributed by atoms with Crippen molar-refractivity contribution < 1.29 is 4.79 Å². The van der Waals surface area contributed by atoms with Gasteiger partial charge in [0.2, 0.25) is 0 Å². The second-order valence-electron chi connectivity index (χ2n) is 6.45. The second kappa shape index (κ2) is 5.99. The summed E-state index contributed by atoms with van der Waals surface area (Å²) >= 11 is 0. The molecule has 2 aliphatic rings. The molecule has 0 aromatic heterocycles. The van der Waals surface area contributed by atoms with Gasteiger partial charge in [0.25, 0.3) is 5.91 Å². The molecule has 1 aromatic rings. The highest BCUT2D eigenvalue weighted by Crippen LogP contribution is 2.34. The predicted molar refractivity (Wildman–Crippen MR) is 82.0 cm³/mol. The fourth-order valence-corrected chi connectivity index (χ4v) is 3.72. The van der Waals surface area contributed by atoms with Gasteiger partial charge in [0.1, 0.15) is 0 Å². The van der Waals surface area contributed by atoms with Crippen molar-refractivity contribution in [2.45, 2.75) is 63.8 Å². The zero-order chi connectivity index (χ0) is 13.9. The van der Waals surface area contributed by atoms with Crippen LogP contribution in [0.1, 0.15) is 73.7 Å². The number of carbonyl (C=O) groups is 1. The summed E-state index contributed by atoms with van der Waals surface area (Å²) in [5.74, 6) is 0.947. The van der Waals surface area contributed by atoms with Gasteiger partial charge in [-0.2, -0.15) is 0 Å². The molecule has 0 bridgehead atoms. The van der Waals surface area contributed by atoms with Gasteiger partial charge in [-0.05, 0) is 62.6 Å². The average Bonchev–Trinajstić information content (AvgIpc) is 3.01. The summed E-state index contributed by atoms with van der Waals surface area (Å²) in [6.45, 7) is 3.09. The standard InChI is InChI=1S/C18H25NO/c1-14-6-4-5-13-19(14)18(20)17-11-9-16(10-12-17)15-7-2-3-8-15/h9-12,14-15H,2-8,13H2,1H3. The van der Waals surface area contributed by atoms with Crippen molar-refractivity contribution in [2.24, 2.45) is 0 Å². The maximum Gasteiger partial charge on any atom is 0.254 e. The number of piperidine rings is 1. The van der Waals surface area contributed by atoms with Gasteiger partial charge in [-0.25, -0.2) is 0 Å². The summed E-state index contributed by atoms with van der Waals surface area (Å²) in [7, 11) is 0. The molecule has 20 heavy (non-hydrogen) atoms. The van der Waals surface area contributed by atoms with Gasteiger partial charge in [-0.3, -0.25) is 4.79 Å². The third-order valence-electron chi connectivity index (χ3n) is 5.05. The number of hydrogen-bond donors (Lipinski definition) is 0. The molecule has 1 aromatic carbocycles. The molecule has 1 saturated heterocycles. The molecule has 1 heterocycles. The maximum absolute atomic E-state index is 12.6. The van der Waals surface area contributed by atoms with E-state index in [0.717, 1.165) is 30.9 Å². The van der Waals surface area contributed by atoms with Crippen LogP contribution in [0.25, 0.3) is 0 Å². The molecule has 0 spiro atoms. The minimum absolute atomic E-state index is 0.218. The number of amides is 1. The van der Waals surface area contributed by atoms with E-state index < -0.39 is 0 Å². The van der Waals surface area contributed by atoms with Gasteiger partial charge in [0.05, 0.1) is 0 Å². The second-order valence-corrected chi connectivity index (χ2v) is 6.45. The molecule has 108 valence electrons. The van der Waals surface area contributed by atoms with Crippen molar-refractivity contribution in [2.75, 3.05) is 6.54 Å². The Hall–Kier alpha value is -1.31. The first kappa shape index (κ1) is 13.7. The molecule has 0 radical (unpaired) electrons. The number of rotatable bonds is 2. The predicted octanol–water partition coefficient (Wildman–Crippen LogP) is 4.36. The van der Waals surface area contributed by atoms with Crippen LogP contribution in [0.5, 0.6) is 0 Å². The van der Waals surface area contributed by atoms with Crippen molar-refractivity contribution in [3.05, 3.63) is 35.4 Å². The van der Waals surface area contributed by atoms with Crippen LogP contribution in [0, 0.1) is 0 Å². The van der Waals surface area contributed by atoms with Crippen LogP contribution in [0.4, 0.5) is 0 Å². The molecule has 1 amide bonds. The van der Waals surface area contributed by atoms with Crippen LogP contribution in [-0.4, -0.2) is 23.4 Å². The normalized spacial score (nSPS) is 24.1. The zero-order valence-electron chi connectivity index (χ0n) is 12.5. The summed E-state index contributed by atoms with van der Waals surface area (Å²) in [6.07, 6.45) is 8.90. The van der Waals surface area contributed by atoms with Gasteiger partial charge >= 0.3 is 0 Å². The third-order valence-corrected chi connectivity index (χ3v) is 5.05. The molecule has 2 nitrogen and oxygen atoms in total. The molecule has 3 rings (SSSR count). The van der Waals surface area contributed by atoms with E-state index in [1.165, 1.54) is 37.7 Å². The molecule has 1 saturated carbocycles. The lowest BCUT2D eigenvalue weighted by molar-refractivity contribution is 0.0635. The van der Waals surface area contributed by atoms with Crippen LogP contribution in [0.15, 0.2) is 24.3 Å². The van der Waals surface area contributed by atoms with E-state index in [1.54, 1.807) is 0 Å². The average molecular weight is 271 g/mol. The van der Waals surface area contributed by atoms with Crippen molar-refractivity contribution in [1.82, 2.24) is 4.90 Å². The fraction of sp³-hybridized carbons (Fsp3) is 0.611. The van der Waals surface area contributed by atoms with Gasteiger partial charge in [0, 0.05) is 18.2 Å². The number of benzene rings is 1. The Morgan fingerprint density at radius 1 is 1.00 bits per heavy atom. The SMILES string of the molecule is CC1CCCCN1C(=O)c1ccc(C2CCCC2)cc1. The Kier molecular flexibility index (Phi) is 4.09. The molecule has 1 atom stereocenters. The summed E-state index contributed by atoms with van der Waals surface area (Å²) in [5, 5.41) is 0. The van der Waals surface area contributed by atoms with Crippen LogP contribution >= 0.6 is 0 Å². The molecule has 2 fully saturated rings. The van der Waals surface area contributed by atoms with Crippen LogP contribution in [-0.2, 0) is 0 Å². The van der Waals surface area contributed by atoms with Gasteiger partial charge in [-0.1, -0.05) is 25.0 Å². The van der Waals surface area contributed by atoms with Gasteiger partial charge in [-0.15, -0.1) is 0 Å². The summed E-state index contributed by atoms with van der Waals surface area (Å²) in [4.78, 5) is 14.6. The lowest BCUT2D eigenvalue weighted by atomic mass is 9.96. The smallest absolute Gasteiger partial charge is 0.254 e. The number of carbonyl (C=O) groups excluding carboxylic acids is 1. The number of hydrogen-bond acceptors (Lipinski definition) is 1. The van der Waals surface area contributed by atoms with Crippen LogP contribution in [0.2, 0.25) is 0 Å². The Labute approximate surface area is 122 Å². The molecule has 1 aliphatic heterocycles. The third kappa shape index (κ3) is 2.74. The first-order valence-electron chi connectivity index (χ1n) is 8.16. The van der Waals surface area contributed by atoms with Gasteiger partial charge in [0.15, 0.2) is 0 Å². The van der Waals surface area contributed by atoms with E-state index in [2.05, 4.69) is 19.1 Å². The molecule has 1 aliphatic carbocycles. The van der Waals surface area contributed by atoms with E-state index in [1.807, 2.05) is 17.0 Å². The van der Waals surface area contributed by atoms with Gasteiger partial charge < -0.3 is 4.90 Å². The minimum atomic E-state index is 0.218. The Morgan fingerprint density at radius 3 is 2.30 bits per heavy atom. The van der Waals surface area contributed by atoms with Crippen LogP contribution < -0.4 is 0 Å². The highest BCUT2D eigenvalue weighted by molar-refractivity contribution is 5.94.